The van der Waals surface area contributed by atoms with Crippen molar-refractivity contribution in [3.05, 3.63) is 59.7 Å². The Bertz CT molecular complexity index is 884. The summed E-state index contributed by atoms with van der Waals surface area (Å²) in [5.41, 5.74) is 4.61. The first kappa shape index (κ1) is 22.3. The fourth-order valence-electron chi connectivity index (χ4n) is 3.54. The highest BCUT2D eigenvalue weighted by Gasteiger charge is 2.28. The lowest BCUT2D eigenvalue weighted by molar-refractivity contribution is -0.138. The van der Waals surface area contributed by atoms with Gasteiger partial charge in [-0.05, 0) is 22.3 Å². The van der Waals surface area contributed by atoms with Crippen LogP contribution < -0.4 is 10.6 Å². The number of carbonyl (C=O) groups excluding carboxylic acids is 2. The predicted octanol–water partition coefficient (Wildman–Crippen LogP) is 2.52. The molecule has 1 aliphatic carbocycles. The highest BCUT2D eigenvalue weighted by Crippen LogP contribution is 2.44. The van der Waals surface area contributed by atoms with E-state index in [4.69, 9.17) is 14.6 Å². The van der Waals surface area contributed by atoms with E-state index in [1.54, 1.807) is 0 Å². The first-order valence-electron chi connectivity index (χ1n) is 10.2. The fraction of sp³-hybridized carbons (Fsp3) is 0.348. The Hall–Kier alpha value is -3.39. The second-order valence-electron chi connectivity index (χ2n) is 7.11. The quantitative estimate of drug-likeness (QED) is 0.476. The van der Waals surface area contributed by atoms with Crippen molar-refractivity contribution in [1.82, 2.24) is 10.6 Å². The monoisotopic (exact) mass is 426 g/mol. The lowest BCUT2D eigenvalue weighted by atomic mass is 9.98. The summed E-state index contributed by atoms with van der Waals surface area (Å²) in [6, 6.07) is 16.2. The maximum Gasteiger partial charge on any atom is 0.407 e. The van der Waals surface area contributed by atoms with Crippen LogP contribution in [0.2, 0.25) is 0 Å². The number of carboxylic acids is 1. The van der Waals surface area contributed by atoms with Crippen LogP contribution in [-0.4, -0.2) is 56.0 Å². The molecule has 3 rings (SSSR count). The number of fused-ring (bicyclic) bond motifs is 3. The Labute approximate surface area is 180 Å². The molecule has 2 aromatic carbocycles. The van der Waals surface area contributed by atoms with Crippen molar-refractivity contribution in [3.63, 3.8) is 0 Å². The van der Waals surface area contributed by atoms with Crippen molar-refractivity contribution in [2.45, 2.75) is 18.8 Å². The molecule has 0 spiro atoms. The number of carbonyl (C=O) groups is 3. The zero-order valence-electron chi connectivity index (χ0n) is 17.1. The molecule has 0 aromatic heterocycles. The summed E-state index contributed by atoms with van der Waals surface area (Å²) in [5.74, 6) is -1.17. The van der Waals surface area contributed by atoms with Gasteiger partial charge in [0.2, 0.25) is 5.91 Å². The summed E-state index contributed by atoms with van der Waals surface area (Å²) in [6.45, 7) is 0.999. The molecular formula is C23H26N2O6. The van der Waals surface area contributed by atoms with Crippen molar-refractivity contribution >= 4 is 18.0 Å². The zero-order valence-corrected chi connectivity index (χ0v) is 17.1. The number of alkyl carbamates (subject to hydrolysis) is 1. The number of hydrogen-bond donors (Lipinski definition) is 3. The number of benzene rings is 2. The summed E-state index contributed by atoms with van der Waals surface area (Å²) >= 11 is 0. The van der Waals surface area contributed by atoms with Crippen LogP contribution >= 0.6 is 0 Å². The van der Waals surface area contributed by atoms with Crippen LogP contribution in [0.3, 0.4) is 0 Å². The van der Waals surface area contributed by atoms with Gasteiger partial charge in [-0.25, -0.2) is 4.79 Å². The van der Waals surface area contributed by atoms with Gasteiger partial charge >= 0.3 is 12.1 Å². The van der Waals surface area contributed by atoms with Crippen molar-refractivity contribution in [1.29, 1.82) is 0 Å². The topological polar surface area (TPSA) is 114 Å². The minimum Gasteiger partial charge on any atom is -0.481 e. The fourth-order valence-corrected chi connectivity index (χ4v) is 3.54. The molecule has 2 amide bonds. The SMILES string of the molecule is O=C(O)CCOCCNC(=O)CCNC(=O)OCC1c2ccccc2-c2ccccc21. The zero-order chi connectivity index (χ0) is 22.1. The highest BCUT2D eigenvalue weighted by atomic mass is 16.5. The summed E-state index contributed by atoms with van der Waals surface area (Å²) in [4.78, 5) is 34.2. The molecule has 0 bridgehead atoms. The van der Waals surface area contributed by atoms with Crippen LogP contribution in [-0.2, 0) is 19.1 Å². The van der Waals surface area contributed by atoms with Gasteiger partial charge in [-0.15, -0.1) is 0 Å². The van der Waals surface area contributed by atoms with E-state index in [2.05, 4.69) is 34.9 Å². The molecular weight excluding hydrogens is 400 g/mol. The maximum atomic E-state index is 12.1. The van der Waals surface area contributed by atoms with Crippen LogP contribution in [0.5, 0.6) is 0 Å². The lowest BCUT2D eigenvalue weighted by Gasteiger charge is -2.14. The number of carboxylic acid groups (broad SMARTS) is 1. The smallest absolute Gasteiger partial charge is 0.407 e. The third-order valence-corrected chi connectivity index (χ3v) is 4.99. The molecule has 31 heavy (non-hydrogen) atoms. The van der Waals surface area contributed by atoms with E-state index in [1.807, 2.05) is 24.3 Å². The summed E-state index contributed by atoms with van der Waals surface area (Å²) < 4.78 is 10.5. The largest absolute Gasteiger partial charge is 0.481 e. The van der Waals surface area contributed by atoms with E-state index < -0.39 is 12.1 Å². The van der Waals surface area contributed by atoms with Gasteiger partial charge in [0, 0.05) is 25.4 Å². The van der Waals surface area contributed by atoms with Gasteiger partial charge in [-0.2, -0.15) is 0 Å². The minimum atomic E-state index is -0.927. The first-order valence-corrected chi connectivity index (χ1v) is 10.2. The molecule has 3 N–H and O–H groups in total. The van der Waals surface area contributed by atoms with Crippen LogP contribution in [0.4, 0.5) is 4.79 Å². The van der Waals surface area contributed by atoms with Crippen LogP contribution in [0, 0.1) is 0 Å². The molecule has 2 aromatic rings. The van der Waals surface area contributed by atoms with Crippen molar-refractivity contribution in [2.75, 3.05) is 32.9 Å². The van der Waals surface area contributed by atoms with Crippen LogP contribution in [0.15, 0.2) is 48.5 Å². The van der Waals surface area contributed by atoms with Gasteiger partial charge < -0.3 is 25.2 Å². The number of amides is 2. The molecule has 0 saturated heterocycles. The van der Waals surface area contributed by atoms with Crippen molar-refractivity contribution < 1.29 is 29.0 Å². The molecule has 0 atom stereocenters. The second kappa shape index (κ2) is 11.1. The molecule has 0 radical (unpaired) electrons. The number of ether oxygens (including phenoxy) is 2. The van der Waals surface area contributed by atoms with Crippen molar-refractivity contribution in [3.8, 4) is 11.1 Å². The van der Waals surface area contributed by atoms with E-state index in [0.29, 0.717) is 0 Å². The summed E-state index contributed by atoms with van der Waals surface area (Å²) in [5, 5.41) is 13.7. The third-order valence-electron chi connectivity index (χ3n) is 4.99. The van der Waals surface area contributed by atoms with Crippen molar-refractivity contribution in [2.24, 2.45) is 0 Å². The molecule has 0 saturated carbocycles. The molecule has 8 heteroatoms. The third kappa shape index (κ3) is 6.29. The Kier molecular flexibility index (Phi) is 8.00. The Morgan fingerprint density at radius 1 is 0.839 bits per heavy atom. The average Bonchev–Trinajstić information content (AvgIpc) is 3.08. The van der Waals surface area contributed by atoms with Crippen LogP contribution in [0.1, 0.15) is 29.9 Å². The van der Waals surface area contributed by atoms with Gasteiger partial charge in [0.15, 0.2) is 0 Å². The first-order chi connectivity index (χ1) is 15.1. The normalized spacial score (nSPS) is 12.0. The summed E-state index contributed by atoms with van der Waals surface area (Å²) in [6.07, 6.45) is -0.524. The molecule has 164 valence electrons. The summed E-state index contributed by atoms with van der Waals surface area (Å²) in [7, 11) is 0. The van der Waals surface area contributed by atoms with Gasteiger partial charge in [0.05, 0.1) is 19.6 Å². The van der Waals surface area contributed by atoms with E-state index >= 15 is 0 Å². The maximum absolute atomic E-state index is 12.1. The van der Waals surface area contributed by atoms with Crippen LogP contribution in [0.25, 0.3) is 11.1 Å². The average molecular weight is 426 g/mol. The Morgan fingerprint density at radius 2 is 1.48 bits per heavy atom. The second-order valence-corrected chi connectivity index (χ2v) is 7.11. The highest BCUT2D eigenvalue weighted by molar-refractivity contribution is 5.79. The van der Waals surface area contributed by atoms with Gasteiger partial charge in [0.1, 0.15) is 6.61 Å². The minimum absolute atomic E-state index is 0.0115. The molecule has 0 heterocycles. The number of nitrogens with one attached hydrogen (secondary N) is 2. The molecule has 0 unspecified atom stereocenters. The molecule has 0 aliphatic heterocycles. The van der Waals surface area contributed by atoms with Gasteiger partial charge in [-0.3, -0.25) is 9.59 Å². The van der Waals surface area contributed by atoms with E-state index in [9.17, 15) is 14.4 Å². The molecule has 1 aliphatic rings. The number of hydrogen-bond acceptors (Lipinski definition) is 5. The van der Waals surface area contributed by atoms with E-state index in [1.165, 1.54) is 0 Å². The number of aliphatic carboxylic acids is 1. The van der Waals surface area contributed by atoms with Gasteiger partial charge in [-0.1, -0.05) is 48.5 Å². The standard InChI is InChI=1S/C23H26N2O6/c26-21(24-12-14-30-13-10-22(27)28)9-11-25-23(29)31-15-20-18-7-3-1-5-16(18)17-6-2-4-8-19(17)20/h1-8,20H,9-15H2,(H,24,26)(H,25,29)(H,27,28). The predicted molar refractivity (Wildman–Crippen MR) is 114 cm³/mol. The molecule has 0 fully saturated rings. The number of rotatable bonds is 11. The Balaban J connectivity index is 1.35. The Morgan fingerprint density at radius 3 is 2.13 bits per heavy atom. The van der Waals surface area contributed by atoms with E-state index in [0.717, 1.165) is 22.3 Å². The van der Waals surface area contributed by atoms with Gasteiger partial charge in [0.25, 0.3) is 0 Å². The molecule has 8 nitrogen and oxygen atoms in total. The van der Waals surface area contributed by atoms with E-state index in [-0.39, 0.29) is 57.6 Å². The lowest BCUT2D eigenvalue weighted by Crippen LogP contribution is -2.33.